The van der Waals surface area contributed by atoms with Crippen molar-refractivity contribution in [2.45, 2.75) is 5.41 Å². The summed E-state index contributed by atoms with van der Waals surface area (Å²) in [6.07, 6.45) is 0. The van der Waals surface area contributed by atoms with Crippen LogP contribution in [-0.4, -0.2) is 0 Å². The molecule has 0 unspecified atom stereocenters. The molecule has 0 aliphatic heterocycles. The van der Waals surface area contributed by atoms with Gasteiger partial charge in [0.2, 0.25) is 0 Å². The lowest BCUT2D eigenvalue weighted by Crippen LogP contribution is -2.31. The predicted octanol–water partition coefficient (Wildman–Crippen LogP) is 14.0. The summed E-state index contributed by atoms with van der Waals surface area (Å²) in [5.41, 5.74) is 8.72. The Bertz CT molecular complexity index is 3460. The first-order chi connectivity index (χ1) is 30.2. The van der Waals surface area contributed by atoms with E-state index in [4.69, 9.17) is 0 Å². The molecule has 1 aliphatic rings. The molecule has 0 radical (unpaired) electrons. The molecule has 11 aromatic carbocycles. The molecular weight excluding hydrogens is 756 g/mol. The Morgan fingerprint density at radius 2 is 0.705 bits per heavy atom. The van der Waals surface area contributed by atoms with Gasteiger partial charge in [-0.25, -0.2) is 0 Å². The van der Waals surface area contributed by atoms with Crippen molar-refractivity contribution in [1.29, 1.82) is 0 Å². The molecule has 0 spiro atoms. The van der Waals surface area contributed by atoms with Crippen LogP contribution in [0, 0.1) is 0 Å². The fourth-order valence-corrected chi connectivity index (χ4v) is 13.2. The van der Waals surface area contributed by atoms with Crippen molar-refractivity contribution in [2.75, 3.05) is 0 Å². The van der Waals surface area contributed by atoms with Crippen molar-refractivity contribution in [3.63, 3.8) is 0 Å². The Kier molecular flexibility index (Phi) is 8.11. The maximum atomic E-state index is 16.0. The van der Waals surface area contributed by atoms with Gasteiger partial charge in [-0.1, -0.05) is 218 Å². The molecule has 0 saturated heterocycles. The molecule has 286 valence electrons. The molecular formula is C59H39OP. The lowest BCUT2D eigenvalue weighted by atomic mass is 9.67. The van der Waals surface area contributed by atoms with Crippen LogP contribution < -0.4 is 15.9 Å². The van der Waals surface area contributed by atoms with Crippen molar-refractivity contribution >= 4 is 66.1 Å². The van der Waals surface area contributed by atoms with E-state index < -0.39 is 12.6 Å². The third kappa shape index (κ3) is 5.18. The van der Waals surface area contributed by atoms with Crippen molar-refractivity contribution < 1.29 is 4.57 Å². The summed E-state index contributed by atoms with van der Waals surface area (Å²) in [5.74, 6) is 0. The van der Waals surface area contributed by atoms with Crippen LogP contribution >= 0.6 is 7.14 Å². The molecule has 1 aliphatic carbocycles. The van der Waals surface area contributed by atoms with E-state index in [1.54, 1.807) is 0 Å². The number of rotatable bonds is 6. The molecule has 0 N–H and O–H groups in total. The van der Waals surface area contributed by atoms with Crippen LogP contribution in [0.2, 0.25) is 0 Å². The van der Waals surface area contributed by atoms with Crippen LogP contribution in [0.4, 0.5) is 0 Å². The Morgan fingerprint density at radius 1 is 0.295 bits per heavy atom. The zero-order chi connectivity index (χ0) is 40.5. The van der Waals surface area contributed by atoms with Gasteiger partial charge in [-0.05, 0) is 106 Å². The highest BCUT2D eigenvalue weighted by Crippen LogP contribution is 2.58. The van der Waals surface area contributed by atoms with Crippen LogP contribution in [0.3, 0.4) is 0 Å². The average molecular weight is 795 g/mol. The molecule has 0 atom stereocenters. The topological polar surface area (TPSA) is 17.1 Å². The minimum atomic E-state index is -3.29. The van der Waals surface area contributed by atoms with Crippen molar-refractivity contribution in [1.82, 2.24) is 0 Å². The van der Waals surface area contributed by atoms with E-state index in [1.165, 1.54) is 70.9 Å². The summed E-state index contributed by atoms with van der Waals surface area (Å²) >= 11 is 0. The minimum absolute atomic E-state index is 0.701. The first-order valence-electron chi connectivity index (χ1n) is 21.0. The van der Waals surface area contributed by atoms with E-state index in [0.29, 0.717) is 0 Å². The van der Waals surface area contributed by atoms with Gasteiger partial charge in [-0.15, -0.1) is 0 Å². The standard InChI is InChI=1S/C59H39OP/c60-61(43-23-9-3-10-24-43,44-25-11-4-12-26-44)45-34-36-51-50-35-33-40(37-56(50)59(57(51)38-45,41-19-5-1-6-20-41)42-21-7-2-8-22-42)54-39-55-48-29-14-13-27-46(48)47-28-15-17-31-52(47)58(55)53-32-18-16-30-49(53)54/h1-39H. The van der Waals surface area contributed by atoms with Crippen LogP contribution in [0.25, 0.3) is 65.3 Å². The molecule has 0 amide bonds. The maximum Gasteiger partial charge on any atom is 0.171 e. The van der Waals surface area contributed by atoms with Crippen molar-refractivity contribution in [2.24, 2.45) is 0 Å². The molecule has 2 heteroatoms. The molecule has 61 heavy (non-hydrogen) atoms. The van der Waals surface area contributed by atoms with Gasteiger partial charge in [0.1, 0.15) is 0 Å². The summed E-state index contributed by atoms with van der Waals surface area (Å²) in [6.45, 7) is 0. The highest BCUT2D eigenvalue weighted by molar-refractivity contribution is 7.85. The Balaban J connectivity index is 1.17. The zero-order valence-corrected chi connectivity index (χ0v) is 34.3. The Hall–Kier alpha value is -7.31. The largest absolute Gasteiger partial charge is 0.309 e. The van der Waals surface area contributed by atoms with Crippen LogP contribution in [0.15, 0.2) is 237 Å². The SMILES string of the molecule is O=P(c1ccccc1)(c1ccccc1)c1ccc2c(c1)C(c1ccccc1)(c1ccccc1)c1cc(-c3cc4c5ccccc5c5ccccc5c4c4ccccc34)ccc1-2. The molecule has 12 rings (SSSR count). The molecule has 1 nitrogen and oxygen atoms in total. The first kappa shape index (κ1) is 35.6. The number of fused-ring (bicyclic) bond motifs is 11. The van der Waals surface area contributed by atoms with Gasteiger partial charge in [0.15, 0.2) is 7.14 Å². The van der Waals surface area contributed by atoms with Gasteiger partial charge in [0.05, 0.1) is 5.41 Å². The number of hydrogen-bond donors (Lipinski definition) is 0. The summed E-state index contributed by atoms with van der Waals surface area (Å²) < 4.78 is 16.0. The highest BCUT2D eigenvalue weighted by Gasteiger charge is 2.47. The molecule has 0 saturated carbocycles. The van der Waals surface area contributed by atoms with Crippen molar-refractivity contribution in [3.05, 3.63) is 259 Å². The van der Waals surface area contributed by atoms with E-state index in [2.05, 4.69) is 176 Å². The number of hydrogen-bond acceptors (Lipinski definition) is 1. The monoisotopic (exact) mass is 794 g/mol. The molecule has 0 aromatic heterocycles. The summed E-state index contributed by atoms with van der Waals surface area (Å²) in [4.78, 5) is 0. The third-order valence-corrected chi connectivity index (χ3v) is 16.3. The smallest absolute Gasteiger partial charge is 0.171 e. The third-order valence-electron chi connectivity index (χ3n) is 13.2. The fourth-order valence-electron chi connectivity index (χ4n) is 10.6. The summed E-state index contributed by atoms with van der Waals surface area (Å²) in [6, 6.07) is 84.7. The zero-order valence-electron chi connectivity index (χ0n) is 33.4. The maximum absolute atomic E-state index is 16.0. The van der Waals surface area contributed by atoms with E-state index in [-0.39, 0.29) is 0 Å². The second-order valence-electron chi connectivity index (χ2n) is 16.2. The lowest BCUT2D eigenvalue weighted by molar-refractivity contribution is 0.592. The van der Waals surface area contributed by atoms with E-state index in [0.717, 1.165) is 32.6 Å². The molecule has 0 heterocycles. The lowest BCUT2D eigenvalue weighted by Gasteiger charge is -2.34. The second-order valence-corrected chi connectivity index (χ2v) is 19.0. The average Bonchev–Trinajstić information content (AvgIpc) is 3.64. The first-order valence-corrected chi connectivity index (χ1v) is 22.7. The quantitative estimate of drug-likeness (QED) is 0.121. The summed E-state index contributed by atoms with van der Waals surface area (Å²) in [5, 5.41) is 12.6. The van der Waals surface area contributed by atoms with Gasteiger partial charge < -0.3 is 4.57 Å². The Morgan fingerprint density at radius 3 is 1.26 bits per heavy atom. The second kappa shape index (κ2) is 13.9. The van der Waals surface area contributed by atoms with Gasteiger partial charge in [0.25, 0.3) is 0 Å². The molecule has 0 bridgehead atoms. The van der Waals surface area contributed by atoms with Crippen LogP contribution in [-0.2, 0) is 9.98 Å². The van der Waals surface area contributed by atoms with E-state index in [9.17, 15) is 0 Å². The normalized spacial score (nSPS) is 13.1. The molecule has 0 fully saturated rings. The molecule has 11 aromatic rings. The van der Waals surface area contributed by atoms with Gasteiger partial charge in [0, 0.05) is 15.9 Å². The Labute approximate surface area is 355 Å². The van der Waals surface area contributed by atoms with Crippen LogP contribution in [0.1, 0.15) is 22.3 Å². The van der Waals surface area contributed by atoms with Gasteiger partial charge >= 0.3 is 0 Å². The van der Waals surface area contributed by atoms with E-state index in [1.807, 2.05) is 60.7 Å². The highest BCUT2D eigenvalue weighted by atomic mass is 31.2. The minimum Gasteiger partial charge on any atom is -0.309 e. The predicted molar refractivity (Wildman–Crippen MR) is 259 cm³/mol. The summed E-state index contributed by atoms with van der Waals surface area (Å²) in [7, 11) is -3.29. The van der Waals surface area contributed by atoms with Crippen LogP contribution in [0.5, 0.6) is 0 Å². The van der Waals surface area contributed by atoms with E-state index >= 15 is 4.57 Å². The van der Waals surface area contributed by atoms with Gasteiger partial charge in [-0.3, -0.25) is 0 Å². The fraction of sp³-hybridized carbons (Fsp3) is 0.0169. The van der Waals surface area contributed by atoms with Gasteiger partial charge in [-0.2, -0.15) is 0 Å². The number of benzene rings is 11. The van der Waals surface area contributed by atoms with Crippen molar-refractivity contribution in [3.8, 4) is 22.3 Å².